The number of hydrogen-bond acceptors (Lipinski definition) is 3. The smallest absolute Gasteiger partial charge is 0.194 e. The van der Waals surface area contributed by atoms with Gasteiger partial charge in [-0.2, -0.15) is 0 Å². The molecule has 0 radical (unpaired) electrons. The van der Waals surface area contributed by atoms with E-state index in [2.05, 4.69) is 17.0 Å². The Morgan fingerprint density at radius 3 is 2.80 bits per heavy atom. The summed E-state index contributed by atoms with van der Waals surface area (Å²) >= 11 is 0. The van der Waals surface area contributed by atoms with E-state index in [-0.39, 0.29) is 5.82 Å². The van der Waals surface area contributed by atoms with Crippen LogP contribution in [0.3, 0.4) is 0 Å². The van der Waals surface area contributed by atoms with Gasteiger partial charge in [0, 0.05) is 11.1 Å². The van der Waals surface area contributed by atoms with Crippen molar-refractivity contribution in [2.24, 2.45) is 5.16 Å². The molecular weight excluding hydrogens is 255 g/mol. The van der Waals surface area contributed by atoms with Crippen LogP contribution in [0.4, 0.5) is 10.1 Å². The van der Waals surface area contributed by atoms with Crippen molar-refractivity contribution in [3.63, 3.8) is 0 Å². The predicted molar refractivity (Wildman–Crippen MR) is 75.7 cm³/mol. The summed E-state index contributed by atoms with van der Waals surface area (Å²) in [4.78, 5) is 6.80. The van der Waals surface area contributed by atoms with Crippen molar-refractivity contribution in [3.05, 3.63) is 65.5 Å². The van der Waals surface area contributed by atoms with Crippen LogP contribution >= 0.6 is 0 Å². The minimum atomic E-state index is -0.287. The Labute approximate surface area is 116 Å². The Kier molecular flexibility index (Phi) is 3.34. The van der Waals surface area contributed by atoms with Crippen LogP contribution in [0.2, 0.25) is 0 Å². The highest BCUT2D eigenvalue weighted by Crippen LogP contribution is 2.20. The number of anilines is 1. The summed E-state index contributed by atoms with van der Waals surface area (Å²) in [5.41, 5.74) is 2.40. The molecule has 4 heteroatoms. The number of oxime groups is 1. The number of hydrogen-bond donors (Lipinski definition) is 0. The lowest BCUT2D eigenvalue weighted by atomic mass is 10.1. The van der Waals surface area contributed by atoms with Crippen LogP contribution in [0.5, 0.6) is 0 Å². The van der Waals surface area contributed by atoms with Crippen molar-refractivity contribution in [1.29, 1.82) is 0 Å². The molecule has 20 heavy (non-hydrogen) atoms. The highest BCUT2D eigenvalue weighted by atomic mass is 19.1. The molecule has 0 unspecified atom stereocenters. The third-order valence-corrected chi connectivity index (χ3v) is 2.84. The van der Waals surface area contributed by atoms with Gasteiger partial charge in [-0.15, -0.1) is 0 Å². The summed E-state index contributed by atoms with van der Waals surface area (Å²) < 4.78 is 13.1. The van der Waals surface area contributed by atoms with Crippen LogP contribution in [0.1, 0.15) is 11.1 Å². The van der Waals surface area contributed by atoms with E-state index in [1.807, 2.05) is 29.2 Å². The average Bonchev–Trinajstić information content (AvgIpc) is 3.00. The summed E-state index contributed by atoms with van der Waals surface area (Å²) in [6.07, 6.45) is 1.61. The molecule has 0 fully saturated rings. The van der Waals surface area contributed by atoms with E-state index < -0.39 is 0 Å². The van der Waals surface area contributed by atoms with Gasteiger partial charge in [-0.3, -0.25) is 4.90 Å². The van der Waals surface area contributed by atoms with E-state index in [1.54, 1.807) is 18.5 Å². The Hall–Kier alpha value is -2.80. The second-order valence-corrected chi connectivity index (χ2v) is 4.23. The first-order valence-corrected chi connectivity index (χ1v) is 6.12. The van der Waals surface area contributed by atoms with Crippen LogP contribution in [0.25, 0.3) is 0 Å². The molecule has 0 atom stereocenters. The van der Waals surface area contributed by atoms with Crippen molar-refractivity contribution >= 4 is 12.0 Å². The zero-order valence-corrected chi connectivity index (χ0v) is 10.6. The Balaban J connectivity index is 1.94. The molecule has 2 aromatic carbocycles. The zero-order chi connectivity index (χ0) is 13.8. The lowest BCUT2D eigenvalue weighted by Gasteiger charge is -2.13. The number of halogens is 1. The van der Waals surface area contributed by atoms with Gasteiger partial charge in [-0.05, 0) is 30.3 Å². The Bertz CT molecular complexity index is 716. The molecular formula is C16H11FN2O. The average molecular weight is 266 g/mol. The van der Waals surface area contributed by atoms with Crippen LogP contribution in [-0.2, 0) is 4.84 Å². The third-order valence-electron chi connectivity index (χ3n) is 2.84. The lowest BCUT2D eigenvalue weighted by molar-refractivity contribution is 0.174. The first-order chi connectivity index (χ1) is 9.83. The fourth-order valence-corrected chi connectivity index (χ4v) is 1.89. The SMILES string of the molecule is Fc1cccc(C#Cc2ccccc2N2C=NOC2)c1. The Morgan fingerprint density at radius 2 is 2.00 bits per heavy atom. The maximum absolute atomic E-state index is 13.1. The second kappa shape index (κ2) is 5.45. The molecule has 3 nitrogen and oxygen atoms in total. The van der Waals surface area contributed by atoms with Crippen LogP contribution < -0.4 is 4.90 Å². The monoisotopic (exact) mass is 266 g/mol. The van der Waals surface area contributed by atoms with Crippen molar-refractivity contribution in [2.45, 2.75) is 0 Å². The summed E-state index contributed by atoms with van der Waals surface area (Å²) in [6.45, 7) is 0.374. The number of benzene rings is 2. The fraction of sp³-hybridized carbons (Fsp3) is 0.0625. The van der Waals surface area contributed by atoms with Crippen molar-refractivity contribution in [3.8, 4) is 11.8 Å². The van der Waals surface area contributed by atoms with E-state index in [1.165, 1.54) is 12.1 Å². The summed E-state index contributed by atoms with van der Waals surface area (Å²) in [5.74, 6) is 5.73. The van der Waals surface area contributed by atoms with Crippen molar-refractivity contribution < 1.29 is 9.23 Å². The molecule has 3 rings (SSSR count). The zero-order valence-electron chi connectivity index (χ0n) is 10.6. The van der Waals surface area contributed by atoms with Crippen LogP contribution in [0, 0.1) is 17.7 Å². The van der Waals surface area contributed by atoms with Gasteiger partial charge in [-0.1, -0.05) is 35.2 Å². The predicted octanol–water partition coefficient (Wildman–Crippen LogP) is 2.96. The number of para-hydroxylation sites is 1. The van der Waals surface area contributed by atoms with E-state index in [0.717, 1.165) is 11.3 Å². The van der Waals surface area contributed by atoms with Gasteiger partial charge in [0.1, 0.15) is 12.2 Å². The fourth-order valence-electron chi connectivity index (χ4n) is 1.89. The van der Waals surface area contributed by atoms with Gasteiger partial charge >= 0.3 is 0 Å². The van der Waals surface area contributed by atoms with E-state index >= 15 is 0 Å². The van der Waals surface area contributed by atoms with Gasteiger partial charge in [0.05, 0.1) is 5.69 Å². The molecule has 1 aliphatic heterocycles. The molecule has 2 aromatic rings. The largest absolute Gasteiger partial charge is 0.372 e. The molecule has 0 bridgehead atoms. The highest BCUT2D eigenvalue weighted by Gasteiger charge is 2.11. The van der Waals surface area contributed by atoms with Gasteiger partial charge in [0.2, 0.25) is 0 Å². The quantitative estimate of drug-likeness (QED) is 0.741. The first kappa shape index (κ1) is 12.2. The lowest BCUT2D eigenvalue weighted by Crippen LogP contribution is -2.18. The number of rotatable bonds is 1. The van der Waals surface area contributed by atoms with Gasteiger partial charge in [-0.25, -0.2) is 4.39 Å². The second-order valence-electron chi connectivity index (χ2n) is 4.23. The summed E-state index contributed by atoms with van der Waals surface area (Å²) in [6, 6.07) is 13.9. The van der Waals surface area contributed by atoms with E-state index in [4.69, 9.17) is 4.84 Å². The normalized spacial score (nSPS) is 12.8. The molecule has 1 aliphatic rings. The Morgan fingerprint density at radius 1 is 1.10 bits per heavy atom. The molecule has 98 valence electrons. The van der Waals surface area contributed by atoms with E-state index in [0.29, 0.717) is 12.3 Å². The van der Waals surface area contributed by atoms with Crippen LogP contribution in [-0.4, -0.2) is 13.1 Å². The standard InChI is InChI=1S/C16H11FN2O/c17-15-6-3-4-13(10-15)8-9-14-5-1-2-7-16(14)19-11-18-20-12-19/h1-7,10-11H,12H2. The summed E-state index contributed by atoms with van der Waals surface area (Å²) in [5, 5.41) is 3.72. The summed E-state index contributed by atoms with van der Waals surface area (Å²) in [7, 11) is 0. The molecule has 0 aliphatic carbocycles. The maximum atomic E-state index is 13.1. The van der Waals surface area contributed by atoms with Crippen molar-refractivity contribution in [1.82, 2.24) is 0 Å². The number of nitrogens with zero attached hydrogens (tertiary/aromatic N) is 2. The molecule has 0 aromatic heterocycles. The van der Waals surface area contributed by atoms with Crippen molar-refractivity contribution in [2.75, 3.05) is 11.6 Å². The topological polar surface area (TPSA) is 24.8 Å². The molecule has 0 spiro atoms. The molecule has 1 heterocycles. The molecule has 0 saturated carbocycles. The minimum absolute atomic E-state index is 0.287. The molecule has 0 saturated heterocycles. The minimum Gasteiger partial charge on any atom is -0.372 e. The molecule has 0 amide bonds. The van der Waals surface area contributed by atoms with Crippen LogP contribution in [0.15, 0.2) is 53.7 Å². The molecule has 0 N–H and O–H groups in total. The maximum Gasteiger partial charge on any atom is 0.194 e. The third kappa shape index (κ3) is 2.62. The van der Waals surface area contributed by atoms with Gasteiger partial charge in [0.15, 0.2) is 6.73 Å². The van der Waals surface area contributed by atoms with Gasteiger partial charge in [0.25, 0.3) is 0 Å². The van der Waals surface area contributed by atoms with Gasteiger partial charge < -0.3 is 4.84 Å². The van der Waals surface area contributed by atoms with E-state index in [9.17, 15) is 4.39 Å². The highest BCUT2D eigenvalue weighted by molar-refractivity contribution is 5.82. The first-order valence-electron chi connectivity index (χ1n) is 6.12.